The van der Waals surface area contributed by atoms with Gasteiger partial charge in [-0.05, 0) is 43.7 Å². The minimum absolute atomic E-state index is 0.172. The Labute approximate surface area is 128 Å². The zero-order valence-electron chi connectivity index (χ0n) is 11.9. The number of benzene rings is 2. The van der Waals surface area contributed by atoms with Gasteiger partial charge in [0.25, 0.3) is 0 Å². The van der Waals surface area contributed by atoms with Gasteiger partial charge in [-0.15, -0.1) is 11.6 Å². The molecule has 0 amide bonds. The van der Waals surface area contributed by atoms with E-state index >= 15 is 0 Å². The predicted octanol–water partition coefficient (Wildman–Crippen LogP) is 4.52. The minimum Gasteiger partial charge on any atom is -0.488 e. The Kier molecular flexibility index (Phi) is 4.97. The number of aryl methyl sites for hydroxylation is 1. The van der Waals surface area contributed by atoms with Gasteiger partial charge in [0, 0.05) is 0 Å². The lowest BCUT2D eigenvalue weighted by atomic mass is 10.0. The van der Waals surface area contributed by atoms with Crippen molar-refractivity contribution in [2.24, 2.45) is 0 Å². The number of carbonyl (C=O) groups excluding carboxylic acids is 1. The molecular weight excluding hydrogens is 291 g/mol. The molecule has 4 heteroatoms. The lowest BCUT2D eigenvalue weighted by Crippen LogP contribution is -2.12. The first-order chi connectivity index (χ1) is 9.97. The van der Waals surface area contributed by atoms with Crippen LogP contribution in [0.1, 0.15) is 28.4 Å². The molecule has 0 radical (unpaired) electrons. The van der Waals surface area contributed by atoms with Gasteiger partial charge in [0.2, 0.25) is 0 Å². The maximum absolute atomic E-state index is 12.9. The molecule has 0 N–H and O–H groups in total. The highest BCUT2D eigenvalue weighted by Gasteiger charge is 2.17. The monoisotopic (exact) mass is 306 g/mol. The number of hydrogen-bond acceptors (Lipinski definition) is 2. The Morgan fingerprint density at radius 1 is 1.24 bits per heavy atom. The number of hydrogen-bond donors (Lipinski definition) is 0. The molecule has 0 aliphatic rings. The summed E-state index contributed by atoms with van der Waals surface area (Å²) in [5.41, 5.74) is 2.26. The second kappa shape index (κ2) is 6.72. The van der Waals surface area contributed by atoms with E-state index in [1.54, 1.807) is 31.2 Å². The summed E-state index contributed by atoms with van der Waals surface area (Å²) in [7, 11) is 0. The first kappa shape index (κ1) is 15.5. The fourth-order valence-electron chi connectivity index (χ4n) is 1.92. The zero-order chi connectivity index (χ0) is 15.4. The molecule has 2 nitrogen and oxygen atoms in total. The van der Waals surface area contributed by atoms with E-state index in [9.17, 15) is 9.18 Å². The van der Waals surface area contributed by atoms with Crippen molar-refractivity contribution in [1.29, 1.82) is 0 Å². The van der Waals surface area contributed by atoms with Crippen LogP contribution in [0.2, 0.25) is 0 Å². The Bertz CT molecular complexity index is 636. The summed E-state index contributed by atoms with van der Waals surface area (Å²) in [5, 5.41) is -0.611. The lowest BCUT2D eigenvalue weighted by molar-refractivity contribution is 0.0987. The maximum Gasteiger partial charge on any atom is 0.184 e. The third-order valence-corrected chi connectivity index (χ3v) is 3.27. The van der Waals surface area contributed by atoms with Gasteiger partial charge in [-0.3, -0.25) is 4.79 Å². The van der Waals surface area contributed by atoms with Crippen LogP contribution < -0.4 is 4.74 Å². The average Bonchev–Trinajstić information content (AvgIpc) is 2.46. The third kappa shape index (κ3) is 4.05. The van der Waals surface area contributed by atoms with Crippen LogP contribution in [0.15, 0.2) is 42.5 Å². The van der Waals surface area contributed by atoms with Gasteiger partial charge >= 0.3 is 0 Å². The van der Waals surface area contributed by atoms with Gasteiger partial charge in [-0.25, -0.2) is 4.39 Å². The molecule has 0 spiro atoms. The van der Waals surface area contributed by atoms with E-state index in [0.29, 0.717) is 11.3 Å². The Hall–Kier alpha value is -1.87. The number of Topliss-reactive ketones (excluding diaryl/α,β-unsaturated/α-hetero) is 1. The van der Waals surface area contributed by atoms with Crippen molar-refractivity contribution in [1.82, 2.24) is 0 Å². The van der Waals surface area contributed by atoms with Crippen LogP contribution in [-0.2, 0) is 6.61 Å². The molecule has 0 aliphatic carbocycles. The van der Waals surface area contributed by atoms with Crippen molar-refractivity contribution in [3.63, 3.8) is 0 Å². The van der Waals surface area contributed by atoms with E-state index in [2.05, 4.69) is 0 Å². The summed E-state index contributed by atoms with van der Waals surface area (Å²) in [5.74, 6) is 0.0258. The minimum atomic E-state index is -0.611. The van der Waals surface area contributed by atoms with Gasteiger partial charge in [-0.2, -0.15) is 0 Å². The molecule has 0 saturated carbocycles. The molecule has 2 aromatic rings. The molecule has 1 atom stereocenters. The van der Waals surface area contributed by atoms with Gasteiger partial charge in [-0.1, -0.05) is 23.8 Å². The summed E-state index contributed by atoms with van der Waals surface area (Å²) in [6.07, 6.45) is 0. The average molecular weight is 307 g/mol. The van der Waals surface area contributed by atoms with Crippen molar-refractivity contribution in [3.8, 4) is 5.75 Å². The van der Waals surface area contributed by atoms with E-state index in [1.165, 1.54) is 12.1 Å². The van der Waals surface area contributed by atoms with Crippen LogP contribution in [0, 0.1) is 12.7 Å². The first-order valence-electron chi connectivity index (χ1n) is 6.63. The standard InChI is InChI=1S/C17H16ClFO2/c1-11-3-8-16(15(9-11)17(20)12(2)18)21-10-13-4-6-14(19)7-5-13/h3-9,12H,10H2,1-2H3. The van der Waals surface area contributed by atoms with Crippen molar-refractivity contribution in [3.05, 3.63) is 65.0 Å². The van der Waals surface area contributed by atoms with Crippen LogP contribution in [0.4, 0.5) is 4.39 Å². The smallest absolute Gasteiger partial charge is 0.184 e. The summed E-state index contributed by atoms with van der Waals surface area (Å²) in [4.78, 5) is 12.1. The lowest BCUT2D eigenvalue weighted by Gasteiger charge is -2.12. The van der Waals surface area contributed by atoms with Crippen LogP contribution in [-0.4, -0.2) is 11.2 Å². The maximum atomic E-state index is 12.9. The van der Waals surface area contributed by atoms with Crippen molar-refractivity contribution >= 4 is 17.4 Å². The molecule has 110 valence electrons. The molecule has 0 aromatic heterocycles. The highest BCUT2D eigenvalue weighted by molar-refractivity contribution is 6.33. The summed E-state index contributed by atoms with van der Waals surface area (Å²) in [6, 6.07) is 11.4. The Balaban J connectivity index is 2.19. The molecule has 21 heavy (non-hydrogen) atoms. The number of carbonyl (C=O) groups is 1. The fraction of sp³-hybridized carbons (Fsp3) is 0.235. The number of halogens is 2. The van der Waals surface area contributed by atoms with Gasteiger partial charge in [0.1, 0.15) is 18.2 Å². The van der Waals surface area contributed by atoms with Crippen molar-refractivity contribution < 1.29 is 13.9 Å². The Morgan fingerprint density at radius 2 is 1.90 bits per heavy atom. The molecule has 1 unspecified atom stereocenters. The van der Waals surface area contributed by atoms with Crippen molar-refractivity contribution in [2.75, 3.05) is 0 Å². The summed E-state index contributed by atoms with van der Waals surface area (Å²) < 4.78 is 18.5. The highest BCUT2D eigenvalue weighted by atomic mass is 35.5. The van der Waals surface area contributed by atoms with E-state index in [0.717, 1.165) is 11.1 Å². The van der Waals surface area contributed by atoms with Gasteiger partial charge in [0.15, 0.2) is 5.78 Å². The molecule has 2 rings (SSSR count). The summed E-state index contributed by atoms with van der Waals surface area (Å²) in [6.45, 7) is 3.80. The van der Waals surface area contributed by atoms with E-state index in [-0.39, 0.29) is 18.2 Å². The second-order valence-electron chi connectivity index (χ2n) is 4.90. The Morgan fingerprint density at radius 3 is 2.52 bits per heavy atom. The number of alkyl halides is 1. The second-order valence-corrected chi connectivity index (χ2v) is 5.55. The van der Waals surface area contributed by atoms with Gasteiger partial charge < -0.3 is 4.74 Å². The van der Waals surface area contributed by atoms with Crippen molar-refractivity contribution in [2.45, 2.75) is 25.8 Å². The highest BCUT2D eigenvalue weighted by Crippen LogP contribution is 2.24. The van der Waals surface area contributed by atoms with Crippen LogP contribution >= 0.6 is 11.6 Å². The van der Waals surface area contributed by atoms with E-state index in [1.807, 2.05) is 13.0 Å². The van der Waals surface area contributed by atoms with E-state index < -0.39 is 5.38 Å². The molecule has 2 aromatic carbocycles. The number of ketones is 1. The predicted molar refractivity (Wildman–Crippen MR) is 81.6 cm³/mol. The zero-order valence-corrected chi connectivity index (χ0v) is 12.7. The SMILES string of the molecule is Cc1ccc(OCc2ccc(F)cc2)c(C(=O)C(C)Cl)c1. The van der Waals surface area contributed by atoms with Crippen LogP contribution in [0.5, 0.6) is 5.75 Å². The van der Waals surface area contributed by atoms with Gasteiger partial charge in [0.05, 0.1) is 10.9 Å². The third-order valence-electron chi connectivity index (χ3n) is 3.07. The number of rotatable bonds is 5. The molecule has 0 bridgehead atoms. The fourth-order valence-corrected chi connectivity index (χ4v) is 2.04. The molecule has 0 fully saturated rings. The van der Waals surface area contributed by atoms with Crippen LogP contribution in [0.25, 0.3) is 0 Å². The molecular formula is C17H16ClFO2. The topological polar surface area (TPSA) is 26.3 Å². The van der Waals surface area contributed by atoms with E-state index in [4.69, 9.17) is 16.3 Å². The molecule has 0 saturated heterocycles. The quantitative estimate of drug-likeness (QED) is 0.599. The number of ether oxygens (including phenoxy) is 1. The molecule has 0 aliphatic heterocycles. The van der Waals surface area contributed by atoms with Crippen LogP contribution in [0.3, 0.4) is 0 Å². The summed E-state index contributed by atoms with van der Waals surface area (Å²) >= 11 is 5.87. The molecule has 0 heterocycles. The first-order valence-corrected chi connectivity index (χ1v) is 7.07. The normalized spacial score (nSPS) is 12.0. The largest absolute Gasteiger partial charge is 0.488 e.